The number of methoxy groups -OCH3 is 1. The summed E-state index contributed by atoms with van der Waals surface area (Å²) in [5, 5.41) is 9.46. The van der Waals surface area contributed by atoms with Crippen LogP contribution in [-0.4, -0.2) is 18.8 Å². The molecule has 0 bridgehead atoms. The zero-order valence-corrected chi connectivity index (χ0v) is 10.3. The van der Waals surface area contributed by atoms with Gasteiger partial charge in [-0.25, -0.2) is 0 Å². The number of ether oxygens (including phenoxy) is 1. The van der Waals surface area contributed by atoms with Crippen LogP contribution in [0.2, 0.25) is 0 Å². The first-order chi connectivity index (χ1) is 7.58. The lowest BCUT2D eigenvalue weighted by molar-refractivity contribution is 0.130. The SMILES string of the molecule is COc1ccc2c(c1)CCC2C(C)(C)CO. The van der Waals surface area contributed by atoms with Gasteiger partial charge in [0.15, 0.2) is 0 Å². The number of rotatable bonds is 3. The molecule has 1 unspecified atom stereocenters. The van der Waals surface area contributed by atoms with Gasteiger partial charge in [0.1, 0.15) is 5.75 Å². The number of aliphatic hydroxyl groups excluding tert-OH is 1. The summed E-state index contributed by atoms with van der Waals surface area (Å²) in [5.74, 6) is 1.40. The van der Waals surface area contributed by atoms with Crippen LogP contribution in [0.1, 0.15) is 37.3 Å². The van der Waals surface area contributed by atoms with Gasteiger partial charge >= 0.3 is 0 Å². The summed E-state index contributed by atoms with van der Waals surface area (Å²) in [7, 11) is 1.70. The van der Waals surface area contributed by atoms with E-state index in [0.717, 1.165) is 18.6 Å². The largest absolute Gasteiger partial charge is 0.497 e. The van der Waals surface area contributed by atoms with Crippen molar-refractivity contribution in [1.82, 2.24) is 0 Å². The van der Waals surface area contributed by atoms with Crippen molar-refractivity contribution in [2.45, 2.75) is 32.6 Å². The number of benzene rings is 1. The van der Waals surface area contributed by atoms with Gasteiger partial charge in [-0.1, -0.05) is 19.9 Å². The summed E-state index contributed by atoms with van der Waals surface area (Å²) in [4.78, 5) is 0. The first-order valence-electron chi connectivity index (χ1n) is 5.86. The number of aryl methyl sites for hydroxylation is 1. The summed E-state index contributed by atoms with van der Waals surface area (Å²) in [6.45, 7) is 4.51. The molecule has 0 saturated heterocycles. The summed E-state index contributed by atoms with van der Waals surface area (Å²) in [6, 6.07) is 6.30. The zero-order valence-electron chi connectivity index (χ0n) is 10.3. The molecule has 2 heteroatoms. The summed E-state index contributed by atoms with van der Waals surface area (Å²) in [6.07, 6.45) is 2.23. The van der Waals surface area contributed by atoms with E-state index in [4.69, 9.17) is 4.74 Å². The van der Waals surface area contributed by atoms with Crippen LogP contribution in [0.15, 0.2) is 18.2 Å². The second-order valence-corrected chi connectivity index (χ2v) is 5.30. The highest BCUT2D eigenvalue weighted by molar-refractivity contribution is 5.41. The molecule has 0 radical (unpaired) electrons. The smallest absolute Gasteiger partial charge is 0.119 e. The second-order valence-electron chi connectivity index (χ2n) is 5.30. The van der Waals surface area contributed by atoms with Gasteiger partial charge in [0.2, 0.25) is 0 Å². The minimum absolute atomic E-state index is 0.0279. The average molecular weight is 220 g/mol. The fraction of sp³-hybridized carbons (Fsp3) is 0.571. The van der Waals surface area contributed by atoms with E-state index < -0.39 is 0 Å². The zero-order chi connectivity index (χ0) is 11.8. The molecule has 2 rings (SSSR count). The van der Waals surface area contributed by atoms with E-state index >= 15 is 0 Å². The van der Waals surface area contributed by atoms with E-state index in [2.05, 4.69) is 26.0 Å². The van der Waals surface area contributed by atoms with Gasteiger partial charge in [-0.05, 0) is 47.4 Å². The van der Waals surface area contributed by atoms with E-state index in [1.807, 2.05) is 6.07 Å². The van der Waals surface area contributed by atoms with Crippen LogP contribution in [0.25, 0.3) is 0 Å². The normalized spacial score (nSPS) is 19.6. The van der Waals surface area contributed by atoms with E-state index in [0.29, 0.717) is 5.92 Å². The lowest BCUT2D eigenvalue weighted by Gasteiger charge is -2.30. The first kappa shape index (κ1) is 11.5. The van der Waals surface area contributed by atoms with Gasteiger partial charge in [0.25, 0.3) is 0 Å². The van der Waals surface area contributed by atoms with Gasteiger partial charge in [-0.2, -0.15) is 0 Å². The van der Waals surface area contributed by atoms with Gasteiger partial charge in [-0.15, -0.1) is 0 Å². The van der Waals surface area contributed by atoms with Crippen molar-refractivity contribution < 1.29 is 9.84 Å². The molecule has 1 aromatic carbocycles. The Hall–Kier alpha value is -1.02. The highest BCUT2D eigenvalue weighted by atomic mass is 16.5. The monoisotopic (exact) mass is 220 g/mol. The predicted octanol–water partition coefficient (Wildman–Crippen LogP) is 2.74. The third-order valence-corrected chi connectivity index (χ3v) is 3.78. The Morgan fingerprint density at radius 3 is 2.81 bits per heavy atom. The molecule has 0 aliphatic heterocycles. The van der Waals surface area contributed by atoms with Gasteiger partial charge < -0.3 is 9.84 Å². The fourth-order valence-corrected chi connectivity index (χ4v) is 2.64. The van der Waals surface area contributed by atoms with E-state index in [9.17, 15) is 5.11 Å². The Morgan fingerprint density at radius 2 is 2.19 bits per heavy atom. The molecule has 1 atom stereocenters. The van der Waals surface area contributed by atoms with E-state index in [1.165, 1.54) is 11.1 Å². The topological polar surface area (TPSA) is 29.5 Å². The lowest BCUT2D eigenvalue weighted by atomic mass is 9.76. The molecule has 1 aromatic rings. The van der Waals surface area contributed by atoms with E-state index in [-0.39, 0.29) is 12.0 Å². The molecule has 1 aliphatic carbocycles. The average Bonchev–Trinajstić information content (AvgIpc) is 2.72. The molecule has 88 valence electrons. The summed E-state index contributed by atoms with van der Waals surface area (Å²) in [5.41, 5.74) is 2.74. The molecule has 1 N–H and O–H groups in total. The molecule has 0 amide bonds. The van der Waals surface area contributed by atoms with Crippen molar-refractivity contribution >= 4 is 0 Å². The van der Waals surface area contributed by atoms with Crippen molar-refractivity contribution in [1.29, 1.82) is 0 Å². The maximum absolute atomic E-state index is 9.46. The summed E-state index contributed by atoms with van der Waals surface area (Å²) < 4.78 is 5.24. The minimum Gasteiger partial charge on any atom is -0.497 e. The highest BCUT2D eigenvalue weighted by Crippen LogP contribution is 2.45. The molecule has 0 fully saturated rings. The van der Waals surface area contributed by atoms with Gasteiger partial charge in [0, 0.05) is 6.61 Å². The first-order valence-corrected chi connectivity index (χ1v) is 5.86. The lowest BCUT2D eigenvalue weighted by Crippen LogP contribution is -2.24. The van der Waals surface area contributed by atoms with Crippen LogP contribution < -0.4 is 4.74 Å². The van der Waals surface area contributed by atoms with Crippen LogP contribution in [0.3, 0.4) is 0 Å². The number of hydrogen-bond donors (Lipinski definition) is 1. The van der Waals surface area contributed by atoms with Crippen molar-refractivity contribution in [3.8, 4) is 5.75 Å². The Bertz CT molecular complexity index is 382. The van der Waals surface area contributed by atoms with E-state index in [1.54, 1.807) is 7.11 Å². The molecule has 16 heavy (non-hydrogen) atoms. The van der Waals surface area contributed by atoms with Crippen LogP contribution >= 0.6 is 0 Å². The van der Waals surface area contributed by atoms with Crippen LogP contribution in [0, 0.1) is 5.41 Å². The van der Waals surface area contributed by atoms with Crippen LogP contribution in [0.4, 0.5) is 0 Å². The Morgan fingerprint density at radius 1 is 1.44 bits per heavy atom. The van der Waals surface area contributed by atoms with Crippen molar-refractivity contribution in [2.24, 2.45) is 5.41 Å². The quantitative estimate of drug-likeness (QED) is 0.848. The Kier molecular flexibility index (Phi) is 2.94. The van der Waals surface area contributed by atoms with Crippen LogP contribution in [0.5, 0.6) is 5.75 Å². The second kappa shape index (κ2) is 4.10. The molecule has 2 nitrogen and oxygen atoms in total. The van der Waals surface area contributed by atoms with Crippen molar-refractivity contribution in [3.05, 3.63) is 29.3 Å². The highest BCUT2D eigenvalue weighted by Gasteiger charge is 2.35. The molecular formula is C14H20O2. The number of fused-ring (bicyclic) bond motifs is 1. The maximum atomic E-state index is 9.46. The third-order valence-electron chi connectivity index (χ3n) is 3.78. The third kappa shape index (κ3) is 1.82. The molecular weight excluding hydrogens is 200 g/mol. The van der Waals surface area contributed by atoms with Gasteiger partial charge in [0.05, 0.1) is 7.11 Å². The molecule has 0 heterocycles. The molecule has 0 spiro atoms. The standard InChI is InChI=1S/C14H20O2/c1-14(2,9-15)13-7-4-10-8-11(16-3)5-6-12(10)13/h5-6,8,13,15H,4,7,9H2,1-3H3. The molecule has 1 aliphatic rings. The number of hydrogen-bond acceptors (Lipinski definition) is 2. The predicted molar refractivity (Wildman–Crippen MR) is 64.9 cm³/mol. The molecule has 0 aromatic heterocycles. The summed E-state index contributed by atoms with van der Waals surface area (Å²) >= 11 is 0. The van der Waals surface area contributed by atoms with Crippen molar-refractivity contribution in [2.75, 3.05) is 13.7 Å². The van der Waals surface area contributed by atoms with Gasteiger partial charge in [-0.3, -0.25) is 0 Å². The Labute approximate surface area is 97.3 Å². The fourth-order valence-electron chi connectivity index (χ4n) is 2.64. The maximum Gasteiger partial charge on any atom is 0.119 e. The molecule has 0 saturated carbocycles. The minimum atomic E-state index is -0.0279. The van der Waals surface area contributed by atoms with Crippen LogP contribution in [-0.2, 0) is 6.42 Å². The van der Waals surface area contributed by atoms with Crippen molar-refractivity contribution in [3.63, 3.8) is 0 Å². The Balaban J connectivity index is 2.34. The number of aliphatic hydroxyl groups is 1.